The molecule has 0 saturated carbocycles. The van der Waals surface area contributed by atoms with Crippen molar-refractivity contribution in [2.45, 2.75) is 13.5 Å². The Balaban J connectivity index is 2.19. The van der Waals surface area contributed by atoms with Crippen LogP contribution in [0.4, 0.5) is 0 Å². The van der Waals surface area contributed by atoms with Crippen molar-refractivity contribution in [3.8, 4) is 0 Å². The number of benzene rings is 1. The maximum atomic E-state index is 12.4. The smallest absolute Gasteiger partial charge is 0.255 e. The van der Waals surface area contributed by atoms with Crippen molar-refractivity contribution in [2.24, 2.45) is 0 Å². The minimum Gasteiger partial charge on any atom is -0.469 e. The molecule has 0 N–H and O–H groups in total. The van der Waals surface area contributed by atoms with Gasteiger partial charge in [0.05, 0.1) is 11.8 Å². The van der Waals surface area contributed by atoms with Crippen LogP contribution in [0, 0.1) is 10.5 Å². The first-order chi connectivity index (χ1) is 8.99. The second-order valence-electron chi connectivity index (χ2n) is 4.29. The molecular formula is C14H13BrINO2. The zero-order valence-electron chi connectivity index (χ0n) is 10.6. The van der Waals surface area contributed by atoms with Crippen molar-refractivity contribution in [3.63, 3.8) is 0 Å². The van der Waals surface area contributed by atoms with Crippen molar-refractivity contribution >= 4 is 44.4 Å². The van der Waals surface area contributed by atoms with Crippen LogP contribution in [0.5, 0.6) is 0 Å². The number of amides is 1. The van der Waals surface area contributed by atoms with Crippen LogP contribution in [0.25, 0.3) is 0 Å². The van der Waals surface area contributed by atoms with E-state index in [1.807, 2.05) is 31.2 Å². The lowest BCUT2D eigenvalue weighted by atomic mass is 10.2. The highest BCUT2D eigenvalue weighted by Crippen LogP contribution is 2.22. The minimum absolute atomic E-state index is 0.00834. The van der Waals surface area contributed by atoms with Gasteiger partial charge in [0.15, 0.2) is 0 Å². The summed E-state index contributed by atoms with van der Waals surface area (Å²) >= 11 is 5.62. The Hall–Kier alpha value is -0.820. The summed E-state index contributed by atoms with van der Waals surface area (Å²) in [5, 5.41) is 0. The van der Waals surface area contributed by atoms with Crippen LogP contribution in [-0.4, -0.2) is 17.9 Å². The van der Waals surface area contributed by atoms with Gasteiger partial charge in [-0.05, 0) is 69.7 Å². The van der Waals surface area contributed by atoms with Crippen LogP contribution >= 0.6 is 38.5 Å². The maximum absolute atomic E-state index is 12.4. The summed E-state index contributed by atoms with van der Waals surface area (Å²) in [7, 11) is 1.79. The molecule has 1 heterocycles. The van der Waals surface area contributed by atoms with E-state index >= 15 is 0 Å². The summed E-state index contributed by atoms with van der Waals surface area (Å²) < 4.78 is 7.10. The first-order valence-electron chi connectivity index (χ1n) is 5.72. The van der Waals surface area contributed by atoms with Crippen molar-refractivity contribution in [1.82, 2.24) is 4.90 Å². The second-order valence-corrected chi connectivity index (χ2v) is 6.39. The quantitative estimate of drug-likeness (QED) is 0.678. The van der Waals surface area contributed by atoms with Gasteiger partial charge in [-0.25, -0.2) is 0 Å². The topological polar surface area (TPSA) is 33.5 Å². The van der Waals surface area contributed by atoms with Gasteiger partial charge < -0.3 is 9.32 Å². The van der Waals surface area contributed by atoms with Gasteiger partial charge in [0.1, 0.15) is 5.76 Å². The molecule has 2 rings (SSSR count). The molecule has 0 aliphatic rings. The largest absolute Gasteiger partial charge is 0.469 e. The Kier molecular flexibility index (Phi) is 4.67. The molecule has 0 saturated heterocycles. The monoisotopic (exact) mass is 433 g/mol. The predicted octanol–water partition coefficient (Wildman–Crippen LogP) is 4.23. The molecule has 100 valence electrons. The van der Waals surface area contributed by atoms with E-state index in [9.17, 15) is 4.79 Å². The van der Waals surface area contributed by atoms with Gasteiger partial charge in [-0.1, -0.05) is 0 Å². The van der Waals surface area contributed by atoms with Gasteiger partial charge in [0.25, 0.3) is 5.91 Å². The third kappa shape index (κ3) is 3.39. The Morgan fingerprint density at radius 1 is 1.42 bits per heavy atom. The highest BCUT2D eigenvalue weighted by Gasteiger charge is 2.16. The number of hydrogen-bond acceptors (Lipinski definition) is 2. The normalized spacial score (nSPS) is 10.5. The molecule has 1 aromatic carbocycles. The van der Waals surface area contributed by atoms with E-state index in [2.05, 4.69) is 38.5 Å². The van der Waals surface area contributed by atoms with Crippen LogP contribution in [-0.2, 0) is 6.54 Å². The average molecular weight is 434 g/mol. The summed E-state index contributed by atoms with van der Waals surface area (Å²) in [5.74, 6) is 0.840. The molecule has 1 amide bonds. The van der Waals surface area contributed by atoms with Crippen LogP contribution in [0.2, 0.25) is 0 Å². The molecule has 5 heteroatoms. The number of nitrogens with zero attached hydrogens (tertiary/aromatic N) is 1. The highest BCUT2D eigenvalue weighted by atomic mass is 127. The minimum atomic E-state index is -0.00834. The zero-order valence-corrected chi connectivity index (χ0v) is 14.4. The molecule has 0 unspecified atom stereocenters. The molecule has 0 atom stereocenters. The van der Waals surface area contributed by atoms with Gasteiger partial charge >= 0.3 is 0 Å². The third-order valence-corrected chi connectivity index (χ3v) is 4.24. The number of carbonyl (C=O) groups is 1. The fourth-order valence-corrected chi connectivity index (χ4v) is 2.68. The van der Waals surface area contributed by atoms with Crippen LogP contribution < -0.4 is 0 Å². The van der Waals surface area contributed by atoms with E-state index in [0.29, 0.717) is 12.1 Å². The fourth-order valence-electron chi connectivity index (χ4n) is 1.77. The number of furan rings is 1. The second kappa shape index (κ2) is 6.09. The van der Waals surface area contributed by atoms with E-state index in [4.69, 9.17) is 4.42 Å². The van der Waals surface area contributed by atoms with Gasteiger partial charge in [0, 0.05) is 27.2 Å². The summed E-state index contributed by atoms with van der Waals surface area (Å²) in [6, 6.07) is 7.63. The van der Waals surface area contributed by atoms with Gasteiger partial charge in [-0.15, -0.1) is 0 Å². The fraction of sp³-hybridized carbons (Fsp3) is 0.214. The lowest BCUT2D eigenvalue weighted by Crippen LogP contribution is -2.26. The Morgan fingerprint density at radius 2 is 2.16 bits per heavy atom. The zero-order chi connectivity index (χ0) is 14.0. The van der Waals surface area contributed by atoms with Crippen molar-refractivity contribution in [3.05, 3.63) is 55.5 Å². The van der Waals surface area contributed by atoms with Crippen molar-refractivity contribution < 1.29 is 9.21 Å². The molecule has 0 radical (unpaired) electrons. The molecule has 19 heavy (non-hydrogen) atoms. The van der Waals surface area contributed by atoms with E-state index in [1.165, 1.54) is 0 Å². The summed E-state index contributed by atoms with van der Waals surface area (Å²) in [4.78, 5) is 14.1. The maximum Gasteiger partial charge on any atom is 0.255 e. The number of carbonyl (C=O) groups excluding carboxylic acids is 1. The first-order valence-corrected chi connectivity index (χ1v) is 7.59. The molecular weight excluding hydrogens is 421 g/mol. The van der Waals surface area contributed by atoms with E-state index < -0.39 is 0 Å². The van der Waals surface area contributed by atoms with Crippen molar-refractivity contribution in [2.75, 3.05) is 7.05 Å². The molecule has 1 aromatic heterocycles. The standard InChI is InChI=1S/C14H13BrINO2/c1-9-10(5-6-19-9)8-17(2)14(18)12-7-11(16)3-4-13(12)15/h3-7H,8H2,1-2H3. The first kappa shape index (κ1) is 14.6. The Labute approximate surface area is 134 Å². The molecule has 0 spiro atoms. The average Bonchev–Trinajstić information content (AvgIpc) is 2.77. The van der Waals surface area contributed by atoms with Crippen LogP contribution in [0.3, 0.4) is 0 Å². The van der Waals surface area contributed by atoms with Crippen LogP contribution in [0.15, 0.2) is 39.4 Å². The number of halogens is 2. The lowest BCUT2D eigenvalue weighted by Gasteiger charge is -2.17. The van der Waals surface area contributed by atoms with E-state index in [1.54, 1.807) is 18.2 Å². The van der Waals surface area contributed by atoms with E-state index in [0.717, 1.165) is 19.4 Å². The molecule has 2 aromatic rings. The van der Waals surface area contributed by atoms with Crippen LogP contribution in [0.1, 0.15) is 21.7 Å². The highest BCUT2D eigenvalue weighted by molar-refractivity contribution is 14.1. The van der Waals surface area contributed by atoms with Gasteiger partial charge in [-0.2, -0.15) is 0 Å². The van der Waals surface area contributed by atoms with Crippen molar-refractivity contribution in [1.29, 1.82) is 0 Å². The van der Waals surface area contributed by atoms with Gasteiger partial charge in [-0.3, -0.25) is 4.79 Å². The SMILES string of the molecule is Cc1occc1CN(C)C(=O)c1cc(I)ccc1Br. The molecule has 3 nitrogen and oxygen atoms in total. The van der Waals surface area contributed by atoms with E-state index in [-0.39, 0.29) is 5.91 Å². The molecule has 0 bridgehead atoms. The molecule has 0 aliphatic heterocycles. The summed E-state index contributed by atoms with van der Waals surface area (Å²) in [6.45, 7) is 2.44. The lowest BCUT2D eigenvalue weighted by molar-refractivity contribution is 0.0783. The number of aryl methyl sites for hydroxylation is 1. The number of hydrogen-bond donors (Lipinski definition) is 0. The Morgan fingerprint density at radius 3 is 2.79 bits per heavy atom. The number of rotatable bonds is 3. The van der Waals surface area contributed by atoms with Gasteiger partial charge in [0.2, 0.25) is 0 Å². The molecule has 0 fully saturated rings. The Bertz CT molecular complexity index is 609. The summed E-state index contributed by atoms with van der Waals surface area (Å²) in [6.07, 6.45) is 1.64. The third-order valence-electron chi connectivity index (χ3n) is 2.88. The molecule has 0 aliphatic carbocycles. The predicted molar refractivity (Wildman–Crippen MR) is 86.1 cm³/mol. The summed E-state index contributed by atoms with van der Waals surface area (Å²) in [5.41, 5.74) is 1.70.